The van der Waals surface area contributed by atoms with Crippen molar-refractivity contribution in [3.8, 4) is 0 Å². The molecule has 0 N–H and O–H groups in total. The zero-order chi connectivity index (χ0) is 25.8. The number of benzene rings is 2. The van der Waals surface area contributed by atoms with Crippen LogP contribution in [0.3, 0.4) is 0 Å². The van der Waals surface area contributed by atoms with Gasteiger partial charge in [0.1, 0.15) is 9.84 Å². The van der Waals surface area contributed by atoms with Crippen molar-refractivity contribution in [3.05, 3.63) is 53.6 Å². The van der Waals surface area contributed by atoms with E-state index in [1.165, 1.54) is 17.0 Å². The van der Waals surface area contributed by atoms with Gasteiger partial charge in [-0.3, -0.25) is 14.5 Å². The van der Waals surface area contributed by atoms with Crippen LogP contribution in [0.5, 0.6) is 0 Å². The van der Waals surface area contributed by atoms with Crippen LogP contribution in [0, 0.1) is 5.41 Å². The van der Waals surface area contributed by atoms with Crippen molar-refractivity contribution in [2.24, 2.45) is 5.41 Å². The SMILES string of the molecule is CCS(=O)(=O)c1cccc(N2C(=O)C(C)(C)c3cc(C(=O)CC4(C)CCS(=O)(=O)CC4)ccc32)c1. The molecule has 7 nitrogen and oxygen atoms in total. The first-order chi connectivity index (χ1) is 16.2. The Balaban J connectivity index is 1.67. The van der Waals surface area contributed by atoms with E-state index in [2.05, 4.69) is 0 Å². The average molecular weight is 518 g/mol. The predicted octanol–water partition coefficient (Wildman–Crippen LogP) is 4.22. The molecule has 0 radical (unpaired) electrons. The Morgan fingerprint density at radius 1 is 1.03 bits per heavy atom. The second-order valence-corrected chi connectivity index (χ2v) is 15.0. The molecule has 2 aliphatic rings. The molecule has 1 fully saturated rings. The minimum Gasteiger partial charge on any atom is -0.294 e. The van der Waals surface area contributed by atoms with Crippen LogP contribution in [0.4, 0.5) is 11.4 Å². The normalized spacial score (nSPS) is 20.5. The van der Waals surface area contributed by atoms with Gasteiger partial charge in [-0.25, -0.2) is 16.8 Å². The molecule has 2 aromatic carbocycles. The Bertz CT molecular complexity index is 1410. The molecule has 0 aliphatic carbocycles. The zero-order valence-electron chi connectivity index (χ0n) is 20.5. The highest BCUT2D eigenvalue weighted by Gasteiger charge is 2.45. The molecule has 0 aromatic heterocycles. The molecular formula is C26H31NO6S2. The van der Waals surface area contributed by atoms with Gasteiger partial charge >= 0.3 is 0 Å². The number of carbonyl (C=O) groups excluding carboxylic acids is 2. The number of nitrogens with zero attached hydrogens (tertiary/aromatic N) is 1. The van der Waals surface area contributed by atoms with Crippen molar-refractivity contribution in [1.82, 2.24) is 0 Å². The van der Waals surface area contributed by atoms with E-state index in [9.17, 15) is 26.4 Å². The van der Waals surface area contributed by atoms with Gasteiger partial charge in [0, 0.05) is 12.0 Å². The lowest BCUT2D eigenvalue weighted by molar-refractivity contribution is -0.121. The van der Waals surface area contributed by atoms with Crippen LogP contribution in [0.15, 0.2) is 47.4 Å². The fourth-order valence-electron chi connectivity index (χ4n) is 4.85. The van der Waals surface area contributed by atoms with Crippen molar-refractivity contribution >= 4 is 42.7 Å². The largest absolute Gasteiger partial charge is 0.294 e. The van der Waals surface area contributed by atoms with Crippen molar-refractivity contribution in [2.45, 2.75) is 57.3 Å². The minimum absolute atomic E-state index is 0.0389. The molecule has 0 unspecified atom stereocenters. The first-order valence-corrected chi connectivity index (χ1v) is 15.2. The molecule has 1 amide bonds. The monoisotopic (exact) mass is 517 g/mol. The topological polar surface area (TPSA) is 106 Å². The van der Waals surface area contributed by atoms with E-state index in [4.69, 9.17) is 0 Å². The summed E-state index contributed by atoms with van der Waals surface area (Å²) in [4.78, 5) is 28.3. The number of rotatable bonds is 6. The molecule has 2 aliphatic heterocycles. The van der Waals surface area contributed by atoms with Gasteiger partial charge in [0.2, 0.25) is 5.91 Å². The number of amides is 1. The van der Waals surface area contributed by atoms with Gasteiger partial charge in [0.05, 0.1) is 38.9 Å². The molecule has 0 atom stereocenters. The average Bonchev–Trinajstić information content (AvgIpc) is 3.01. The number of sulfone groups is 2. The van der Waals surface area contributed by atoms with Gasteiger partial charge in [0.15, 0.2) is 15.6 Å². The second kappa shape index (κ2) is 8.55. The Morgan fingerprint density at radius 2 is 1.69 bits per heavy atom. The standard InChI is InChI=1S/C26H31NO6S2/c1-5-35(32,33)20-8-6-7-19(16-20)27-22-10-9-18(15-21(22)25(2,3)24(27)29)23(28)17-26(4)11-13-34(30,31)14-12-26/h6-10,15-16H,5,11-14,17H2,1-4H3. The summed E-state index contributed by atoms with van der Waals surface area (Å²) >= 11 is 0. The molecule has 1 saturated heterocycles. The number of hydrogen-bond donors (Lipinski definition) is 0. The molecular weight excluding hydrogens is 486 g/mol. The van der Waals surface area contributed by atoms with Crippen LogP contribution in [0.1, 0.15) is 62.9 Å². The van der Waals surface area contributed by atoms with Gasteiger partial charge in [-0.1, -0.05) is 19.9 Å². The van der Waals surface area contributed by atoms with Gasteiger partial charge in [-0.15, -0.1) is 0 Å². The molecule has 35 heavy (non-hydrogen) atoms. The zero-order valence-corrected chi connectivity index (χ0v) is 22.1. The lowest BCUT2D eigenvalue weighted by atomic mass is 9.78. The molecule has 9 heteroatoms. The van der Waals surface area contributed by atoms with Gasteiger partial charge in [-0.2, -0.15) is 0 Å². The van der Waals surface area contributed by atoms with Crippen LogP contribution >= 0.6 is 0 Å². The molecule has 0 spiro atoms. The minimum atomic E-state index is -3.44. The number of ketones is 1. The third-order valence-corrected chi connectivity index (χ3v) is 10.8. The maximum absolute atomic E-state index is 13.5. The molecule has 0 bridgehead atoms. The predicted molar refractivity (Wildman–Crippen MR) is 136 cm³/mol. The molecule has 2 aromatic rings. The first-order valence-electron chi connectivity index (χ1n) is 11.7. The Morgan fingerprint density at radius 3 is 2.31 bits per heavy atom. The van der Waals surface area contributed by atoms with Crippen molar-refractivity contribution in [3.63, 3.8) is 0 Å². The van der Waals surface area contributed by atoms with Gasteiger partial charge in [-0.05, 0) is 74.1 Å². The summed E-state index contributed by atoms with van der Waals surface area (Å²) in [6.45, 7) is 7.12. The Hall–Kier alpha value is -2.52. The second-order valence-electron chi connectivity index (χ2n) is 10.5. The lowest BCUT2D eigenvalue weighted by Crippen LogP contribution is -2.33. The highest BCUT2D eigenvalue weighted by Crippen LogP contribution is 2.46. The smallest absolute Gasteiger partial charge is 0.241 e. The summed E-state index contributed by atoms with van der Waals surface area (Å²) in [5.74, 6) is -0.114. The van der Waals surface area contributed by atoms with Crippen molar-refractivity contribution < 1.29 is 26.4 Å². The number of fused-ring (bicyclic) bond motifs is 1. The Kier molecular flexibility index (Phi) is 6.25. The number of carbonyl (C=O) groups is 2. The summed E-state index contributed by atoms with van der Waals surface area (Å²) in [6.07, 6.45) is 1.16. The van der Waals surface area contributed by atoms with Gasteiger partial charge < -0.3 is 0 Å². The molecule has 188 valence electrons. The fraction of sp³-hybridized carbons (Fsp3) is 0.462. The van der Waals surface area contributed by atoms with Crippen LogP contribution in [-0.2, 0) is 29.9 Å². The molecule has 4 rings (SSSR count). The third-order valence-electron chi connectivity index (χ3n) is 7.41. The fourth-order valence-corrected chi connectivity index (χ4v) is 7.58. The quantitative estimate of drug-likeness (QED) is 0.531. The van der Waals surface area contributed by atoms with E-state index in [1.54, 1.807) is 51.1 Å². The van der Waals surface area contributed by atoms with E-state index in [0.29, 0.717) is 35.3 Å². The number of anilines is 2. The number of hydrogen-bond acceptors (Lipinski definition) is 6. The van der Waals surface area contributed by atoms with Crippen LogP contribution < -0.4 is 4.90 Å². The van der Waals surface area contributed by atoms with E-state index < -0.39 is 25.1 Å². The Labute approximate surface area is 207 Å². The maximum Gasteiger partial charge on any atom is 0.241 e. The first kappa shape index (κ1) is 25.6. The van der Waals surface area contributed by atoms with Gasteiger partial charge in [0.25, 0.3) is 0 Å². The molecule has 2 heterocycles. The highest BCUT2D eigenvalue weighted by molar-refractivity contribution is 7.91. The third kappa shape index (κ3) is 4.68. The highest BCUT2D eigenvalue weighted by atomic mass is 32.2. The number of Topliss-reactive ketones (excluding diaryl/α,β-unsaturated/α-hetero) is 1. The summed E-state index contributed by atoms with van der Waals surface area (Å²) < 4.78 is 48.4. The lowest BCUT2D eigenvalue weighted by Gasteiger charge is -2.32. The van der Waals surface area contributed by atoms with Crippen LogP contribution in [0.2, 0.25) is 0 Å². The summed E-state index contributed by atoms with van der Waals surface area (Å²) in [5.41, 5.74) is 0.999. The van der Waals surface area contributed by atoms with Crippen LogP contribution in [-0.4, -0.2) is 45.8 Å². The summed E-state index contributed by atoms with van der Waals surface area (Å²) in [6, 6.07) is 11.5. The van der Waals surface area contributed by atoms with E-state index in [1.807, 2.05) is 6.92 Å². The molecule has 0 saturated carbocycles. The summed E-state index contributed by atoms with van der Waals surface area (Å²) in [5, 5.41) is 0. The van der Waals surface area contributed by atoms with E-state index in [0.717, 1.165) is 0 Å². The van der Waals surface area contributed by atoms with E-state index in [-0.39, 0.29) is 45.7 Å². The van der Waals surface area contributed by atoms with Crippen LogP contribution in [0.25, 0.3) is 0 Å². The summed E-state index contributed by atoms with van der Waals surface area (Å²) in [7, 11) is -6.46. The van der Waals surface area contributed by atoms with Crippen molar-refractivity contribution in [2.75, 3.05) is 22.2 Å². The van der Waals surface area contributed by atoms with Crippen molar-refractivity contribution in [1.29, 1.82) is 0 Å². The van der Waals surface area contributed by atoms with E-state index >= 15 is 0 Å². The maximum atomic E-state index is 13.5.